The lowest BCUT2D eigenvalue weighted by Crippen LogP contribution is -2.26. The van der Waals surface area contributed by atoms with Crippen LogP contribution < -0.4 is 5.73 Å². The summed E-state index contributed by atoms with van der Waals surface area (Å²) in [5.74, 6) is 0.481. The number of aliphatic hydroxyl groups is 1. The zero-order valence-corrected chi connectivity index (χ0v) is 11.7. The van der Waals surface area contributed by atoms with Gasteiger partial charge in [0, 0.05) is 10.4 Å². The van der Waals surface area contributed by atoms with Gasteiger partial charge in [0.2, 0.25) is 0 Å². The zero-order chi connectivity index (χ0) is 12.3. The molecular formula is C13H20BrNO. The van der Waals surface area contributed by atoms with Crippen LogP contribution in [0.5, 0.6) is 0 Å². The van der Waals surface area contributed by atoms with Crippen LogP contribution in [0.3, 0.4) is 0 Å². The third-order valence-electron chi connectivity index (χ3n) is 3.07. The first kappa shape index (κ1) is 13.7. The van der Waals surface area contributed by atoms with Crippen molar-refractivity contribution in [1.82, 2.24) is 0 Å². The van der Waals surface area contributed by atoms with Crippen molar-refractivity contribution in [3.05, 3.63) is 33.8 Å². The van der Waals surface area contributed by atoms with Gasteiger partial charge in [-0.15, -0.1) is 0 Å². The number of rotatable bonds is 4. The topological polar surface area (TPSA) is 46.2 Å². The van der Waals surface area contributed by atoms with E-state index in [1.807, 2.05) is 25.1 Å². The van der Waals surface area contributed by atoms with Crippen LogP contribution in [0.2, 0.25) is 0 Å². The first-order chi connectivity index (χ1) is 7.47. The minimum absolute atomic E-state index is 0.106. The Bertz CT molecular complexity index is 352. The molecule has 90 valence electrons. The molecule has 16 heavy (non-hydrogen) atoms. The lowest BCUT2D eigenvalue weighted by molar-refractivity contribution is 0.0860. The number of benzene rings is 1. The smallest absolute Gasteiger partial charge is 0.0833 e. The van der Waals surface area contributed by atoms with E-state index in [0.29, 0.717) is 12.5 Å². The summed E-state index contributed by atoms with van der Waals surface area (Å²) in [6.45, 7) is 6.71. The molecule has 3 heteroatoms. The molecule has 0 radical (unpaired) electrons. The van der Waals surface area contributed by atoms with Gasteiger partial charge in [0.25, 0.3) is 0 Å². The first-order valence-corrected chi connectivity index (χ1v) is 6.40. The summed E-state index contributed by atoms with van der Waals surface area (Å²) in [4.78, 5) is 0. The molecule has 0 saturated carbocycles. The van der Waals surface area contributed by atoms with Crippen LogP contribution in [0.1, 0.15) is 31.1 Å². The van der Waals surface area contributed by atoms with Gasteiger partial charge in [-0.05, 0) is 36.6 Å². The van der Waals surface area contributed by atoms with E-state index >= 15 is 0 Å². The monoisotopic (exact) mass is 285 g/mol. The Labute approximate surface area is 106 Å². The van der Waals surface area contributed by atoms with E-state index in [0.717, 1.165) is 10.0 Å². The van der Waals surface area contributed by atoms with Crippen LogP contribution in [-0.2, 0) is 0 Å². The molecule has 0 spiro atoms. The largest absolute Gasteiger partial charge is 0.388 e. The van der Waals surface area contributed by atoms with E-state index in [2.05, 4.69) is 29.8 Å². The average Bonchev–Trinajstić information content (AvgIpc) is 2.22. The van der Waals surface area contributed by atoms with Crippen molar-refractivity contribution in [2.75, 3.05) is 6.54 Å². The summed E-state index contributed by atoms with van der Waals surface area (Å²) in [5, 5.41) is 10.3. The van der Waals surface area contributed by atoms with E-state index < -0.39 is 6.10 Å². The number of hydrogen-bond acceptors (Lipinski definition) is 2. The molecule has 1 rings (SSSR count). The number of hydrogen-bond donors (Lipinski definition) is 2. The highest BCUT2D eigenvalue weighted by atomic mass is 79.9. The third kappa shape index (κ3) is 3.06. The number of nitrogens with two attached hydrogens (primary N) is 1. The van der Waals surface area contributed by atoms with Gasteiger partial charge in [0.05, 0.1) is 6.10 Å². The zero-order valence-electron chi connectivity index (χ0n) is 10.1. The summed E-state index contributed by atoms with van der Waals surface area (Å²) < 4.78 is 1.03. The molecule has 2 unspecified atom stereocenters. The van der Waals surface area contributed by atoms with Gasteiger partial charge < -0.3 is 10.8 Å². The average molecular weight is 286 g/mol. The van der Waals surface area contributed by atoms with Gasteiger partial charge in [-0.2, -0.15) is 0 Å². The molecule has 0 heterocycles. The van der Waals surface area contributed by atoms with Gasteiger partial charge in [0.15, 0.2) is 0 Å². The Morgan fingerprint density at radius 2 is 2.00 bits per heavy atom. The minimum atomic E-state index is -0.484. The fraction of sp³-hybridized carbons (Fsp3) is 0.538. The summed E-state index contributed by atoms with van der Waals surface area (Å²) in [5.41, 5.74) is 7.81. The molecule has 1 aromatic rings. The van der Waals surface area contributed by atoms with Gasteiger partial charge in [0.1, 0.15) is 0 Å². The maximum atomic E-state index is 10.3. The number of halogens is 1. The third-order valence-corrected chi connectivity index (χ3v) is 3.93. The normalized spacial score (nSPS) is 15.2. The lowest BCUT2D eigenvalue weighted by Gasteiger charge is -2.25. The Balaban J connectivity index is 2.94. The summed E-state index contributed by atoms with van der Waals surface area (Å²) >= 11 is 3.48. The van der Waals surface area contributed by atoms with E-state index in [1.165, 1.54) is 5.56 Å². The molecule has 0 fully saturated rings. The fourth-order valence-electron chi connectivity index (χ4n) is 1.81. The van der Waals surface area contributed by atoms with E-state index in [4.69, 9.17) is 5.73 Å². The highest BCUT2D eigenvalue weighted by Gasteiger charge is 2.22. The quantitative estimate of drug-likeness (QED) is 0.893. The molecule has 2 atom stereocenters. The second-order valence-electron chi connectivity index (χ2n) is 4.60. The van der Waals surface area contributed by atoms with E-state index in [9.17, 15) is 5.11 Å². The number of aliphatic hydroxyl groups excluding tert-OH is 1. The van der Waals surface area contributed by atoms with Crippen LogP contribution in [0, 0.1) is 18.8 Å². The highest BCUT2D eigenvalue weighted by Crippen LogP contribution is 2.29. The van der Waals surface area contributed by atoms with Gasteiger partial charge in [-0.25, -0.2) is 0 Å². The van der Waals surface area contributed by atoms with Crippen molar-refractivity contribution in [2.24, 2.45) is 17.6 Å². The highest BCUT2D eigenvalue weighted by molar-refractivity contribution is 9.10. The van der Waals surface area contributed by atoms with Crippen molar-refractivity contribution >= 4 is 15.9 Å². The van der Waals surface area contributed by atoms with Crippen LogP contribution in [0.4, 0.5) is 0 Å². The molecule has 0 saturated heterocycles. The van der Waals surface area contributed by atoms with E-state index in [1.54, 1.807) is 0 Å². The standard InChI is InChI=1S/C13H20BrNO/c1-8(2)11(7-15)13(16)10-5-4-9(3)12(14)6-10/h4-6,8,11,13,16H,7,15H2,1-3H3. The van der Waals surface area contributed by atoms with Crippen LogP contribution >= 0.6 is 15.9 Å². The Morgan fingerprint density at radius 3 is 2.44 bits per heavy atom. The van der Waals surface area contributed by atoms with Crippen molar-refractivity contribution in [3.8, 4) is 0 Å². The summed E-state index contributed by atoms with van der Waals surface area (Å²) in [6.07, 6.45) is -0.484. The lowest BCUT2D eigenvalue weighted by atomic mass is 9.86. The SMILES string of the molecule is Cc1ccc(C(O)C(CN)C(C)C)cc1Br. The molecular weight excluding hydrogens is 266 g/mol. The van der Waals surface area contributed by atoms with Crippen molar-refractivity contribution < 1.29 is 5.11 Å². The second-order valence-corrected chi connectivity index (χ2v) is 5.45. The Kier molecular flexibility index (Phi) is 4.96. The maximum absolute atomic E-state index is 10.3. The predicted octanol–water partition coefficient (Wildman–Crippen LogP) is 3.02. The van der Waals surface area contributed by atoms with Crippen LogP contribution in [-0.4, -0.2) is 11.7 Å². The predicted molar refractivity (Wildman–Crippen MR) is 71.2 cm³/mol. The fourth-order valence-corrected chi connectivity index (χ4v) is 2.20. The molecule has 0 aliphatic heterocycles. The molecule has 0 amide bonds. The second kappa shape index (κ2) is 5.80. The molecule has 0 bridgehead atoms. The van der Waals surface area contributed by atoms with Crippen molar-refractivity contribution in [3.63, 3.8) is 0 Å². The van der Waals surface area contributed by atoms with E-state index in [-0.39, 0.29) is 5.92 Å². The Hall–Kier alpha value is -0.380. The molecule has 0 aliphatic rings. The van der Waals surface area contributed by atoms with Crippen LogP contribution in [0.15, 0.2) is 22.7 Å². The van der Waals surface area contributed by atoms with Gasteiger partial charge >= 0.3 is 0 Å². The van der Waals surface area contributed by atoms with Crippen molar-refractivity contribution in [2.45, 2.75) is 26.9 Å². The molecule has 3 N–H and O–H groups in total. The van der Waals surface area contributed by atoms with Crippen LogP contribution in [0.25, 0.3) is 0 Å². The van der Waals surface area contributed by atoms with Gasteiger partial charge in [-0.3, -0.25) is 0 Å². The Morgan fingerprint density at radius 1 is 1.38 bits per heavy atom. The molecule has 2 nitrogen and oxygen atoms in total. The summed E-state index contributed by atoms with van der Waals surface area (Å²) in [6, 6.07) is 5.96. The maximum Gasteiger partial charge on any atom is 0.0833 e. The molecule has 1 aromatic carbocycles. The first-order valence-electron chi connectivity index (χ1n) is 5.61. The van der Waals surface area contributed by atoms with Gasteiger partial charge in [-0.1, -0.05) is 41.9 Å². The van der Waals surface area contributed by atoms with Crippen molar-refractivity contribution in [1.29, 1.82) is 0 Å². The molecule has 0 aromatic heterocycles. The minimum Gasteiger partial charge on any atom is -0.388 e. The molecule has 0 aliphatic carbocycles. The number of aryl methyl sites for hydroxylation is 1. The summed E-state index contributed by atoms with van der Waals surface area (Å²) in [7, 11) is 0.